The molecule has 0 atom stereocenters. The van der Waals surface area contributed by atoms with Gasteiger partial charge in [0.25, 0.3) is 5.91 Å². The lowest BCUT2D eigenvalue weighted by Gasteiger charge is -2.22. The highest BCUT2D eigenvalue weighted by Crippen LogP contribution is 2.17. The number of furan rings is 1. The molecule has 0 spiro atoms. The molecule has 1 amide bonds. The molecule has 0 aliphatic heterocycles. The zero-order valence-corrected chi connectivity index (χ0v) is 13.8. The van der Waals surface area contributed by atoms with Crippen LogP contribution < -0.4 is 5.32 Å². The Bertz CT molecular complexity index is 517. The lowest BCUT2D eigenvalue weighted by molar-refractivity contribution is -0.144. The van der Waals surface area contributed by atoms with Gasteiger partial charge in [0.1, 0.15) is 5.76 Å². The van der Waals surface area contributed by atoms with Gasteiger partial charge in [-0.3, -0.25) is 4.79 Å². The van der Waals surface area contributed by atoms with E-state index in [2.05, 4.69) is 5.32 Å². The summed E-state index contributed by atoms with van der Waals surface area (Å²) in [4.78, 5) is 23.1. The maximum Gasteiger partial charge on any atom is 0.331 e. The van der Waals surface area contributed by atoms with E-state index >= 15 is 0 Å². The minimum Gasteiger partial charge on any atom is -0.452 e. The molecule has 1 N–H and O–H groups in total. The highest BCUT2D eigenvalue weighted by Gasteiger charge is 2.16. The van der Waals surface area contributed by atoms with E-state index in [1.54, 1.807) is 12.1 Å². The van der Waals surface area contributed by atoms with Gasteiger partial charge in [-0.1, -0.05) is 19.3 Å². The van der Waals surface area contributed by atoms with Gasteiger partial charge in [0, 0.05) is 12.1 Å². The molecule has 114 valence electrons. The summed E-state index contributed by atoms with van der Waals surface area (Å²) in [5, 5.41) is 2.89. The van der Waals surface area contributed by atoms with Crippen molar-refractivity contribution in [1.29, 1.82) is 0 Å². The molecule has 1 aliphatic rings. The Kier molecular flexibility index (Phi) is 6.28. The smallest absolute Gasteiger partial charge is 0.331 e. The van der Waals surface area contributed by atoms with Crippen LogP contribution in [0, 0.1) is 3.77 Å². The first-order chi connectivity index (χ1) is 10.1. The molecular formula is C15H18INO4. The number of ether oxygens (including phenoxy) is 1. The molecule has 1 aliphatic carbocycles. The summed E-state index contributed by atoms with van der Waals surface area (Å²) in [7, 11) is 0. The summed E-state index contributed by atoms with van der Waals surface area (Å²) in [5.74, 6) is -0.223. The first kappa shape index (κ1) is 16.1. The van der Waals surface area contributed by atoms with E-state index in [9.17, 15) is 9.59 Å². The molecule has 0 aromatic carbocycles. The van der Waals surface area contributed by atoms with Crippen molar-refractivity contribution in [2.24, 2.45) is 0 Å². The monoisotopic (exact) mass is 403 g/mol. The Balaban J connectivity index is 1.68. The van der Waals surface area contributed by atoms with Crippen LogP contribution in [0.25, 0.3) is 6.08 Å². The van der Waals surface area contributed by atoms with Crippen molar-refractivity contribution < 1.29 is 18.7 Å². The molecule has 0 saturated heterocycles. The van der Waals surface area contributed by atoms with E-state index in [-0.39, 0.29) is 18.6 Å². The highest BCUT2D eigenvalue weighted by atomic mass is 127. The Hall–Kier alpha value is -1.31. The minimum absolute atomic E-state index is 0.227. The van der Waals surface area contributed by atoms with Crippen LogP contribution in [0.15, 0.2) is 22.6 Å². The molecule has 6 heteroatoms. The van der Waals surface area contributed by atoms with Gasteiger partial charge in [0.15, 0.2) is 10.4 Å². The first-order valence-corrected chi connectivity index (χ1v) is 8.11. The summed E-state index contributed by atoms with van der Waals surface area (Å²) in [6, 6.07) is 3.77. The molecule has 2 rings (SSSR count). The van der Waals surface area contributed by atoms with Crippen LogP contribution >= 0.6 is 22.6 Å². The highest BCUT2D eigenvalue weighted by molar-refractivity contribution is 14.1. The molecule has 21 heavy (non-hydrogen) atoms. The number of hydrogen-bond acceptors (Lipinski definition) is 4. The maximum atomic E-state index is 11.7. The fourth-order valence-electron chi connectivity index (χ4n) is 2.27. The van der Waals surface area contributed by atoms with Crippen molar-refractivity contribution >= 4 is 40.5 Å². The lowest BCUT2D eigenvalue weighted by Crippen LogP contribution is -2.38. The van der Waals surface area contributed by atoms with Crippen LogP contribution in [0.4, 0.5) is 0 Å². The number of carbonyl (C=O) groups excluding carboxylic acids is 2. The Morgan fingerprint density at radius 3 is 2.76 bits per heavy atom. The normalized spacial score (nSPS) is 16.0. The van der Waals surface area contributed by atoms with Gasteiger partial charge in [-0.2, -0.15) is 0 Å². The molecule has 0 bridgehead atoms. The average molecular weight is 403 g/mol. The number of amides is 1. The van der Waals surface area contributed by atoms with Gasteiger partial charge in [-0.15, -0.1) is 0 Å². The van der Waals surface area contributed by atoms with E-state index in [4.69, 9.17) is 9.15 Å². The molecule has 1 heterocycles. The van der Waals surface area contributed by atoms with Crippen molar-refractivity contribution in [3.8, 4) is 0 Å². The fraction of sp³-hybridized carbons (Fsp3) is 0.467. The maximum absolute atomic E-state index is 11.7. The molecule has 1 aromatic rings. The number of halogens is 1. The Morgan fingerprint density at radius 1 is 1.33 bits per heavy atom. The molecule has 0 unspecified atom stereocenters. The van der Waals surface area contributed by atoms with E-state index in [0.717, 1.165) is 29.5 Å². The number of carbonyl (C=O) groups is 2. The number of esters is 1. The van der Waals surface area contributed by atoms with Crippen LogP contribution in [0.2, 0.25) is 0 Å². The van der Waals surface area contributed by atoms with Gasteiger partial charge >= 0.3 is 5.97 Å². The Morgan fingerprint density at radius 2 is 2.10 bits per heavy atom. The quantitative estimate of drug-likeness (QED) is 0.467. The second-order valence-electron chi connectivity index (χ2n) is 4.99. The van der Waals surface area contributed by atoms with Gasteiger partial charge in [0.05, 0.1) is 0 Å². The van der Waals surface area contributed by atoms with Crippen LogP contribution in [-0.4, -0.2) is 24.5 Å². The zero-order valence-electron chi connectivity index (χ0n) is 11.6. The summed E-state index contributed by atoms with van der Waals surface area (Å²) in [5.41, 5.74) is 0. The molecule has 1 saturated carbocycles. The minimum atomic E-state index is -0.555. The van der Waals surface area contributed by atoms with Gasteiger partial charge < -0.3 is 14.5 Å². The summed E-state index contributed by atoms with van der Waals surface area (Å²) in [6.07, 6.45) is 8.32. The standard InChI is InChI=1S/C15H18INO4/c16-13-8-6-12(21-13)7-9-15(19)20-10-14(18)17-11-4-2-1-3-5-11/h6-9,11H,1-5,10H2,(H,17,18). The van der Waals surface area contributed by atoms with Crippen molar-refractivity contribution in [3.63, 3.8) is 0 Å². The first-order valence-electron chi connectivity index (χ1n) is 7.03. The summed E-state index contributed by atoms with van der Waals surface area (Å²) < 4.78 is 10.9. The van der Waals surface area contributed by atoms with Crippen molar-refractivity contribution in [2.45, 2.75) is 38.1 Å². The topological polar surface area (TPSA) is 68.5 Å². The molecule has 0 radical (unpaired) electrons. The molecule has 5 nitrogen and oxygen atoms in total. The third kappa shape index (κ3) is 5.91. The van der Waals surface area contributed by atoms with Gasteiger partial charge in [-0.25, -0.2) is 4.79 Å². The van der Waals surface area contributed by atoms with Crippen LogP contribution in [-0.2, 0) is 14.3 Å². The number of hydrogen-bond donors (Lipinski definition) is 1. The fourth-order valence-corrected chi connectivity index (χ4v) is 2.70. The van der Waals surface area contributed by atoms with E-state index < -0.39 is 5.97 Å². The predicted octanol–water partition coefficient (Wildman–Crippen LogP) is 2.89. The molecular weight excluding hydrogens is 385 g/mol. The van der Waals surface area contributed by atoms with Crippen molar-refractivity contribution in [2.75, 3.05) is 6.61 Å². The van der Waals surface area contributed by atoms with E-state index in [1.807, 2.05) is 22.6 Å². The van der Waals surface area contributed by atoms with Gasteiger partial charge in [0.2, 0.25) is 0 Å². The second-order valence-corrected chi connectivity index (χ2v) is 6.05. The SMILES string of the molecule is O=C(COC(=O)C=Cc1ccc(I)o1)NC1CCCCC1. The molecule has 1 aromatic heterocycles. The Labute approximate surface area is 137 Å². The van der Waals surface area contributed by atoms with Crippen LogP contribution in [0.3, 0.4) is 0 Å². The van der Waals surface area contributed by atoms with Crippen molar-refractivity contribution in [1.82, 2.24) is 5.32 Å². The predicted molar refractivity (Wildman–Crippen MR) is 86.4 cm³/mol. The van der Waals surface area contributed by atoms with Crippen LogP contribution in [0.5, 0.6) is 0 Å². The van der Waals surface area contributed by atoms with Crippen LogP contribution in [0.1, 0.15) is 37.9 Å². The number of rotatable bonds is 5. The number of nitrogens with one attached hydrogen (secondary N) is 1. The van der Waals surface area contributed by atoms with E-state index in [1.165, 1.54) is 18.6 Å². The van der Waals surface area contributed by atoms with Crippen molar-refractivity contribution in [3.05, 3.63) is 27.7 Å². The summed E-state index contributed by atoms with van der Waals surface area (Å²) >= 11 is 2.04. The average Bonchev–Trinajstić information content (AvgIpc) is 2.90. The zero-order chi connectivity index (χ0) is 15.1. The van der Waals surface area contributed by atoms with E-state index in [0.29, 0.717) is 5.76 Å². The molecule has 1 fully saturated rings. The second kappa shape index (κ2) is 8.21. The third-order valence-corrected chi connectivity index (χ3v) is 3.87. The summed E-state index contributed by atoms with van der Waals surface area (Å²) in [6.45, 7) is -0.241. The van der Waals surface area contributed by atoms with Gasteiger partial charge in [-0.05, 0) is 53.6 Å². The third-order valence-electron chi connectivity index (χ3n) is 3.29. The largest absolute Gasteiger partial charge is 0.452 e. The lowest BCUT2D eigenvalue weighted by atomic mass is 9.95.